The summed E-state index contributed by atoms with van der Waals surface area (Å²) >= 11 is 0. The van der Waals surface area contributed by atoms with Crippen molar-refractivity contribution in [2.45, 2.75) is 83.7 Å². The number of hydrogen-bond donors (Lipinski definition) is 3. The number of amides is 1. The number of nitrogens with zero attached hydrogens (tertiary/aromatic N) is 1. The molecule has 3 aromatic rings. The highest BCUT2D eigenvalue weighted by atomic mass is 16.3. The van der Waals surface area contributed by atoms with Gasteiger partial charge in [0.05, 0.1) is 18.2 Å². The molecule has 0 spiro atoms. The molecule has 2 atom stereocenters. The van der Waals surface area contributed by atoms with Gasteiger partial charge in [-0.15, -0.1) is 0 Å². The average molecular weight is 504 g/mol. The van der Waals surface area contributed by atoms with E-state index in [-0.39, 0.29) is 30.4 Å². The van der Waals surface area contributed by atoms with Gasteiger partial charge in [-0.1, -0.05) is 63.4 Å². The van der Waals surface area contributed by atoms with Gasteiger partial charge in [0.1, 0.15) is 6.04 Å². The maximum atomic E-state index is 13.7. The lowest BCUT2D eigenvalue weighted by atomic mass is 9.97. The van der Waals surface area contributed by atoms with E-state index in [1.54, 1.807) is 0 Å². The molecule has 0 bridgehead atoms. The van der Waals surface area contributed by atoms with Crippen molar-refractivity contribution in [3.63, 3.8) is 0 Å². The van der Waals surface area contributed by atoms with Gasteiger partial charge in [0, 0.05) is 35.8 Å². The quantitative estimate of drug-likeness (QED) is 0.223. The van der Waals surface area contributed by atoms with E-state index < -0.39 is 0 Å². The van der Waals surface area contributed by atoms with Crippen LogP contribution in [0.5, 0.6) is 0 Å². The highest BCUT2D eigenvalue weighted by molar-refractivity contribution is 6.11. The fourth-order valence-corrected chi connectivity index (χ4v) is 5.48. The molecule has 0 saturated heterocycles. The minimum absolute atomic E-state index is 0.0446. The topological polar surface area (TPSA) is 85.4 Å². The maximum absolute atomic E-state index is 13.7. The van der Waals surface area contributed by atoms with Crippen molar-refractivity contribution in [3.05, 3.63) is 65.4 Å². The van der Waals surface area contributed by atoms with Crippen molar-refractivity contribution in [2.24, 2.45) is 0 Å². The van der Waals surface area contributed by atoms with E-state index in [0.717, 1.165) is 67.2 Å². The molecule has 4 rings (SSSR count). The number of rotatable bonds is 12. The third-order valence-corrected chi connectivity index (χ3v) is 7.53. The fraction of sp³-hybridized carbons (Fsp3) is 0.484. The molecule has 1 aromatic heterocycles. The van der Waals surface area contributed by atoms with Gasteiger partial charge in [-0.25, -0.2) is 0 Å². The number of ketones is 1. The lowest BCUT2D eigenvalue weighted by Crippen LogP contribution is -2.51. The van der Waals surface area contributed by atoms with Crippen molar-refractivity contribution < 1.29 is 14.7 Å². The first kappa shape index (κ1) is 26.9. The van der Waals surface area contributed by atoms with Gasteiger partial charge in [0.25, 0.3) is 0 Å². The van der Waals surface area contributed by atoms with E-state index in [1.807, 2.05) is 36.5 Å². The number of aromatic amines is 1. The van der Waals surface area contributed by atoms with Crippen LogP contribution in [0.15, 0.2) is 48.7 Å². The molecule has 0 aliphatic carbocycles. The van der Waals surface area contributed by atoms with Crippen LogP contribution in [-0.4, -0.2) is 47.0 Å². The first-order chi connectivity index (χ1) is 18.1. The summed E-state index contributed by atoms with van der Waals surface area (Å²) in [5.74, 6) is 0.101. The van der Waals surface area contributed by atoms with Crippen LogP contribution in [0.25, 0.3) is 10.9 Å². The largest absolute Gasteiger partial charge is 0.394 e. The highest BCUT2D eigenvalue weighted by Crippen LogP contribution is 2.36. The summed E-state index contributed by atoms with van der Waals surface area (Å²) in [6.07, 6.45) is 9.43. The van der Waals surface area contributed by atoms with E-state index in [2.05, 4.69) is 41.2 Å². The number of aliphatic hydroxyl groups excluding tert-OH is 1. The van der Waals surface area contributed by atoms with Gasteiger partial charge in [0.15, 0.2) is 5.78 Å². The smallest absolute Gasteiger partial charge is 0.243 e. The molecule has 1 amide bonds. The summed E-state index contributed by atoms with van der Waals surface area (Å²) in [7, 11) is 0. The molecule has 37 heavy (non-hydrogen) atoms. The Morgan fingerprint density at radius 1 is 1.05 bits per heavy atom. The molecule has 6 nitrogen and oxygen atoms in total. The number of carbonyl (C=O) groups is 2. The van der Waals surface area contributed by atoms with Crippen molar-refractivity contribution in [1.29, 1.82) is 0 Å². The van der Waals surface area contributed by atoms with Gasteiger partial charge in [-0.05, 0) is 55.4 Å². The molecule has 198 valence electrons. The number of unbranched alkanes of at least 4 members (excludes halogenated alkanes) is 3. The monoisotopic (exact) mass is 503 g/mol. The summed E-state index contributed by atoms with van der Waals surface area (Å²) < 4.78 is 0. The number of H-pyrrole nitrogens is 1. The second-order valence-electron chi connectivity index (χ2n) is 10.3. The van der Waals surface area contributed by atoms with E-state index in [9.17, 15) is 14.7 Å². The Labute approximate surface area is 220 Å². The summed E-state index contributed by atoms with van der Waals surface area (Å²) in [6.45, 7) is 4.90. The Balaban J connectivity index is 1.81. The Morgan fingerprint density at radius 3 is 2.57 bits per heavy atom. The van der Waals surface area contributed by atoms with Crippen LogP contribution in [0, 0.1) is 0 Å². The van der Waals surface area contributed by atoms with Crippen molar-refractivity contribution in [2.75, 3.05) is 18.1 Å². The van der Waals surface area contributed by atoms with Crippen LogP contribution in [0.1, 0.15) is 80.3 Å². The first-order valence-electron chi connectivity index (χ1n) is 13.9. The molecular weight excluding hydrogens is 462 g/mol. The lowest BCUT2D eigenvalue weighted by Gasteiger charge is -2.34. The number of carbonyl (C=O) groups excluding carboxylic acids is 2. The van der Waals surface area contributed by atoms with E-state index >= 15 is 0 Å². The van der Waals surface area contributed by atoms with Gasteiger partial charge in [-0.3, -0.25) is 9.59 Å². The predicted molar refractivity (Wildman–Crippen MR) is 150 cm³/mol. The third kappa shape index (κ3) is 6.24. The number of aryl methyl sites for hydroxylation is 1. The molecule has 6 heteroatoms. The minimum atomic E-state index is -0.381. The first-order valence-corrected chi connectivity index (χ1v) is 13.9. The average Bonchev–Trinajstić information content (AvgIpc) is 3.35. The van der Waals surface area contributed by atoms with Crippen LogP contribution in [-0.2, 0) is 17.6 Å². The Hall–Kier alpha value is -3.12. The van der Waals surface area contributed by atoms with Crippen LogP contribution in [0.2, 0.25) is 0 Å². The minimum Gasteiger partial charge on any atom is -0.394 e. The summed E-state index contributed by atoms with van der Waals surface area (Å²) in [5, 5.41) is 14.3. The molecule has 0 fully saturated rings. The SMILES string of the molecule is CCCCCN1c2ccc(C(=O)CCCC)c3[nH]cc(c23)C[C@@H](CO)NC(=O)[C@@H]1CCc1ccccc1. The molecule has 1 aliphatic rings. The van der Waals surface area contributed by atoms with Crippen LogP contribution in [0.3, 0.4) is 0 Å². The number of benzene rings is 2. The summed E-state index contributed by atoms with van der Waals surface area (Å²) in [6, 6.07) is 13.5. The Bertz CT molecular complexity index is 1190. The van der Waals surface area contributed by atoms with Crippen LogP contribution >= 0.6 is 0 Å². The Morgan fingerprint density at radius 2 is 1.84 bits per heavy atom. The van der Waals surface area contributed by atoms with Crippen LogP contribution in [0.4, 0.5) is 5.69 Å². The van der Waals surface area contributed by atoms with Gasteiger partial charge < -0.3 is 20.3 Å². The number of aliphatic hydroxyl groups is 1. The van der Waals surface area contributed by atoms with Crippen molar-refractivity contribution >= 4 is 28.3 Å². The normalized spacial score (nSPS) is 17.8. The maximum Gasteiger partial charge on any atom is 0.243 e. The molecular formula is C31H41N3O3. The number of nitrogens with one attached hydrogen (secondary N) is 2. The third-order valence-electron chi connectivity index (χ3n) is 7.53. The van der Waals surface area contributed by atoms with Crippen molar-refractivity contribution in [1.82, 2.24) is 10.3 Å². The second kappa shape index (κ2) is 12.9. The van der Waals surface area contributed by atoms with E-state index in [4.69, 9.17) is 0 Å². The Kier molecular flexibility index (Phi) is 9.40. The van der Waals surface area contributed by atoms with Gasteiger partial charge in [0.2, 0.25) is 5.91 Å². The zero-order valence-electron chi connectivity index (χ0n) is 22.3. The molecule has 2 aromatic carbocycles. The van der Waals surface area contributed by atoms with Crippen LogP contribution < -0.4 is 10.2 Å². The number of aromatic nitrogens is 1. The summed E-state index contributed by atoms with van der Waals surface area (Å²) in [5.41, 5.74) is 4.79. The molecule has 3 N–H and O–H groups in total. The highest BCUT2D eigenvalue weighted by Gasteiger charge is 2.32. The van der Waals surface area contributed by atoms with E-state index in [0.29, 0.717) is 24.8 Å². The second-order valence-corrected chi connectivity index (χ2v) is 10.3. The lowest BCUT2D eigenvalue weighted by molar-refractivity contribution is -0.123. The molecule has 0 radical (unpaired) electrons. The standard InChI is InChI=1S/C31H41N3O3/c1-3-5-10-18-34-26-17-15-25(28(36)13-6-4-2)30-29(26)23(20-32-30)19-24(21-35)33-31(37)27(34)16-14-22-11-8-7-9-12-22/h7-9,11-12,15,17,20,24,27,32,35H,3-6,10,13-14,16,18-19,21H2,1-2H3,(H,33,37)/t24-,27-/m0/s1. The number of hydrogen-bond acceptors (Lipinski definition) is 4. The molecule has 2 heterocycles. The fourth-order valence-electron chi connectivity index (χ4n) is 5.48. The van der Waals surface area contributed by atoms with Gasteiger partial charge >= 0.3 is 0 Å². The zero-order chi connectivity index (χ0) is 26.2. The van der Waals surface area contributed by atoms with Gasteiger partial charge in [-0.2, -0.15) is 0 Å². The number of Topliss-reactive ketones (excluding diaryl/α,β-unsaturated/α-hetero) is 1. The molecule has 0 saturated carbocycles. The van der Waals surface area contributed by atoms with Crippen molar-refractivity contribution in [3.8, 4) is 0 Å². The van der Waals surface area contributed by atoms with E-state index in [1.165, 1.54) is 5.56 Å². The summed E-state index contributed by atoms with van der Waals surface area (Å²) in [4.78, 5) is 32.5. The molecule has 0 unspecified atom stereocenters. The zero-order valence-corrected chi connectivity index (χ0v) is 22.3. The number of anilines is 1. The molecule has 1 aliphatic heterocycles. The predicted octanol–water partition coefficient (Wildman–Crippen LogP) is 5.57.